The lowest BCUT2D eigenvalue weighted by Crippen LogP contribution is -2.05. The fourth-order valence-corrected chi connectivity index (χ4v) is 2.18. The van der Waals surface area contributed by atoms with Gasteiger partial charge in [-0.3, -0.25) is 4.79 Å². The molecule has 0 fully saturated rings. The van der Waals surface area contributed by atoms with Crippen molar-refractivity contribution in [3.05, 3.63) is 50.7 Å². The van der Waals surface area contributed by atoms with E-state index in [9.17, 15) is 4.79 Å². The van der Waals surface area contributed by atoms with Crippen LogP contribution in [0.1, 0.15) is 0 Å². The second-order valence-electron chi connectivity index (χ2n) is 4.21. The average Bonchev–Trinajstić information content (AvgIpc) is 2.85. The number of nitrogens with one attached hydrogen (secondary N) is 1. The Hall–Kier alpha value is -2.31. The Kier molecular flexibility index (Phi) is 3.40. The zero-order chi connectivity index (χ0) is 15.0. The first-order chi connectivity index (χ1) is 10.1. The van der Waals surface area contributed by atoms with Gasteiger partial charge in [0.2, 0.25) is 5.88 Å². The molecule has 0 aliphatic rings. The number of halogens is 2. The third-order valence-corrected chi connectivity index (χ3v) is 3.59. The van der Waals surface area contributed by atoms with Crippen molar-refractivity contribution in [2.75, 3.05) is 5.73 Å². The Morgan fingerprint density at radius 2 is 1.95 bits per heavy atom. The zero-order valence-corrected chi connectivity index (χ0v) is 11.9. The first kappa shape index (κ1) is 13.7. The quantitative estimate of drug-likeness (QED) is 0.755. The van der Waals surface area contributed by atoms with E-state index < -0.39 is 0 Å². The number of nitrogens with zero attached hydrogens (tertiary/aromatic N) is 2. The lowest BCUT2D eigenvalue weighted by atomic mass is 10.0. The third kappa shape index (κ3) is 2.51. The van der Waals surface area contributed by atoms with Crippen LogP contribution in [0.4, 0.5) is 5.88 Å². The predicted octanol–water partition coefficient (Wildman–Crippen LogP) is 2.98. The molecule has 2 aromatic heterocycles. The van der Waals surface area contributed by atoms with E-state index in [0.717, 1.165) is 0 Å². The number of nitrogens with two attached hydrogens (primary N) is 1. The van der Waals surface area contributed by atoms with E-state index in [4.69, 9.17) is 33.5 Å². The van der Waals surface area contributed by atoms with Crippen molar-refractivity contribution < 1.29 is 4.52 Å². The molecule has 6 nitrogen and oxygen atoms in total. The maximum atomic E-state index is 11.1. The largest absolute Gasteiger partial charge is 0.367 e. The van der Waals surface area contributed by atoms with Crippen molar-refractivity contribution in [2.45, 2.75) is 0 Å². The number of aromatic amines is 1. The lowest BCUT2D eigenvalue weighted by molar-refractivity contribution is 0.439. The molecule has 3 N–H and O–H groups in total. The van der Waals surface area contributed by atoms with Gasteiger partial charge in [0.05, 0.1) is 15.6 Å². The summed E-state index contributed by atoms with van der Waals surface area (Å²) >= 11 is 11.9. The summed E-state index contributed by atoms with van der Waals surface area (Å²) in [5.74, 6) is 0.122. The first-order valence-corrected chi connectivity index (χ1v) is 6.58. The van der Waals surface area contributed by atoms with Gasteiger partial charge in [-0.1, -0.05) is 34.4 Å². The van der Waals surface area contributed by atoms with Gasteiger partial charge < -0.3 is 10.3 Å². The second kappa shape index (κ2) is 5.23. The fraction of sp³-hybridized carbons (Fsp3) is 0. The van der Waals surface area contributed by atoms with Crippen molar-refractivity contribution >= 4 is 29.1 Å². The summed E-state index contributed by atoms with van der Waals surface area (Å²) in [7, 11) is 0. The van der Waals surface area contributed by atoms with Gasteiger partial charge >= 0.3 is 0 Å². The van der Waals surface area contributed by atoms with Gasteiger partial charge in [0, 0.05) is 6.07 Å². The van der Waals surface area contributed by atoms with E-state index in [1.54, 1.807) is 18.2 Å². The summed E-state index contributed by atoms with van der Waals surface area (Å²) in [4.78, 5) is 11.1. The van der Waals surface area contributed by atoms with E-state index >= 15 is 0 Å². The van der Waals surface area contributed by atoms with Crippen LogP contribution in [-0.2, 0) is 0 Å². The van der Waals surface area contributed by atoms with E-state index in [-0.39, 0.29) is 11.4 Å². The molecule has 0 radical (unpaired) electrons. The van der Waals surface area contributed by atoms with Gasteiger partial charge in [0.1, 0.15) is 11.4 Å². The highest BCUT2D eigenvalue weighted by Gasteiger charge is 2.19. The molecule has 0 unspecified atom stereocenters. The van der Waals surface area contributed by atoms with Crippen LogP contribution in [0.25, 0.3) is 22.5 Å². The van der Waals surface area contributed by atoms with Crippen LogP contribution in [0.15, 0.2) is 39.6 Å². The molecule has 0 bridgehead atoms. The monoisotopic (exact) mass is 322 g/mol. The molecule has 1 aromatic carbocycles. The van der Waals surface area contributed by atoms with Gasteiger partial charge in [-0.2, -0.15) is 5.10 Å². The van der Waals surface area contributed by atoms with E-state index in [1.165, 1.54) is 12.1 Å². The van der Waals surface area contributed by atoms with Gasteiger partial charge in [0.25, 0.3) is 5.56 Å². The second-order valence-corrected chi connectivity index (χ2v) is 5.02. The molecule has 0 saturated carbocycles. The summed E-state index contributed by atoms with van der Waals surface area (Å²) in [5, 5.41) is 10.9. The van der Waals surface area contributed by atoms with Crippen molar-refractivity contribution in [3.63, 3.8) is 0 Å². The smallest absolute Gasteiger partial charge is 0.264 e. The Balaban J connectivity index is 2.19. The lowest BCUT2D eigenvalue weighted by Gasteiger charge is -2.03. The maximum Gasteiger partial charge on any atom is 0.264 e. The van der Waals surface area contributed by atoms with Crippen molar-refractivity contribution in [1.29, 1.82) is 0 Å². The molecular formula is C13H8Cl2N4O2. The molecule has 21 heavy (non-hydrogen) atoms. The summed E-state index contributed by atoms with van der Waals surface area (Å²) in [6.45, 7) is 0. The Bertz CT molecular complexity index is 852. The van der Waals surface area contributed by atoms with Crippen LogP contribution in [0, 0.1) is 0 Å². The number of benzene rings is 1. The minimum atomic E-state index is -0.314. The normalized spacial score (nSPS) is 10.8. The van der Waals surface area contributed by atoms with Crippen LogP contribution < -0.4 is 11.3 Å². The number of rotatable bonds is 2. The molecule has 0 aliphatic heterocycles. The molecule has 0 aliphatic carbocycles. The van der Waals surface area contributed by atoms with E-state index in [2.05, 4.69) is 15.4 Å². The number of hydrogen-bond donors (Lipinski definition) is 2. The number of anilines is 1. The first-order valence-electron chi connectivity index (χ1n) is 5.83. The van der Waals surface area contributed by atoms with Gasteiger partial charge in [-0.15, -0.1) is 0 Å². The molecule has 3 rings (SSSR count). The van der Waals surface area contributed by atoms with Crippen LogP contribution in [0.3, 0.4) is 0 Å². The van der Waals surface area contributed by atoms with Gasteiger partial charge in [0.15, 0.2) is 0 Å². The van der Waals surface area contributed by atoms with Gasteiger partial charge in [-0.25, -0.2) is 5.10 Å². The highest BCUT2D eigenvalue weighted by molar-refractivity contribution is 6.42. The molecular weight excluding hydrogens is 315 g/mol. The Labute approximate surface area is 128 Å². The van der Waals surface area contributed by atoms with Crippen molar-refractivity contribution in [2.24, 2.45) is 0 Å². The topological polar surface area (TPSA) is 97.8 Å². The van der Waals surface area contributed by atoms with Crippen molar-refractivity contribution in [1.82, 2.24) is 15.4 Å². The summed E-state index contributed by atoms with van der Waals surface area (Å²) in [5.41, 5.74) is 7.56. The molecule has 0 saturated heterocycles. The summed E-state index contributed by atoms with van der Waals surface area (Å²) in [6.07, 6.45) is 0. The Morgan fingerprint density at radius 1 is 1.14 bits per heavy atom. The molecule has 0 amide bonds. The predicted molar refractivity (Wildman–Crippen MR) is 80.2 cm³/mol. The minimum absolute atomic E-state index is 0.122. The zero-order valence-electron chi connectivity index (χ0n) is 10.4. The van der Waals surface area contributed by atoms with Crippen LogP contribution in [0.2, 0.25) is 10.0 Å². The SMILES string of the molecule is Nc1onc(-c2ccc(=O)[nH]n2)c1-c1ccc(Cl)c(Cl)c1. The van der Waals surface area contributed by atoms with Crippen LogP contribution in [0.5, 0.6) is 0 Å². The van der Waals surface area contributed by atoms with Crippen LogP contribution >= 0.6 is 23.2 Å². The molecule has 3 aromatic rings. The average molecular weight is 323 g/mol. The van der Waals surface area contributed by atoms with Crippen molar-refractivity contribution in [3.8, 4) is 22.5 Å². The molecule has 2 heterocycles. The highest BCUT2D eigenvalue weighted by atomic mass is 35.5. The standard InChI is InChI=1S/C13H8Cl2N4O2/c14-7-2-1-6(5-8(7)15)11-12(19-21-13(11)16)9-3-4-10(20)18-17-9/h1-5H,16H2,(H,18,20). The number of nitrogen functional groups attached to an aromatic ring is 1. The third-order valence-electron chi connectivity index (χ3n) is 2.85. The molecule has 0 spiro atoms. The van der Waals surface area contributed by atoms with E-state index in [0.29, 0.717) is 32.6 Å². The minimum Gasteiger partial charge on any atom is -0.367 e. The molecule has 106 valence electrons. The fourth-order valence-electron chi connectivity index (χ4n) is 1.88. The maximum absolute atomic E-state index is 11.1. The highest BCUT2D eigenvalue weighted by Crippen LogP contribution is 2.37. The number of aromatic nitrogens is 3. The van der Waals surface area contributed by atoms with Crippen LogP contribution in [-0.4, -0.2) is 15.4 Å². The summed E-state index contributed by atoms with van der Waals surface area (Å²) in [6, 6.07) is 7.91. The Morgan fingerprint density at radius 3 is 2.62 bits per heavy atom. The number of hydrogen-bond acceptors (Lipinski definition) is 5. The molecule has 8 heteroatoms. The van der Waals surface area contributed by atoms with E-state index in [1.807, 2.05) is 0 Å². The van der Waals surface area contributed by atoms with Gasteiger partial charge in [-0.05, 0) is 23.8 Å². The molecule has 0 atom stereocenters. The summed E-state index contributed by atoms with van der Waals surface area (Å²) < 4.78 is 5.02. The number of H-pyrrole nitrogens is 1.